The van der Waals surface area contributed by atoms with Crippen LogP contribution in [0.1, 0.15) is 0 Å². The quantitative estimate of drug-likeness (QED) is 0.486. The third-order valence-electron chi connectivity index (χ3n) is 3.70. The number of benzene rings is 2. The molecule has 0 unspecified atom stereocenters. The molecule has 0 spiro atoms. The molecule has 0 radical (unpaired) electrons. The van der Waals surface area contributed by atoms with Crippen molar-refractivity contribution in [3.05, 3.63) is 70.2 Å². The highest BCUT2D eigenvalue weighted by molar-refractivity contribution is 7.99. The minimum atomic E-state index is -1.46. The second kappa shape index (κ2) is 7.37. The van der Waals surface area contributed by atoms with Crippen LogP contribution in [0.15, 0.2) is 69.4 Å². The van der Waals surface area contributed by atoms with E-state index >= 15 is 0 Å². The van der Waals surface area contributed by atoms with Crippen LogP contribution in [0.25, 0.3) is 16.9 Å². The number of nitrogens with zero attached hydrogens (tertiary/aromatic N) is 3. The number of nitrogens with one attached hydrogen (secondary N) is 1. The summed E-state index contributed by atoms with van der Waals surface area (Å²) < 4.78 is 5.72. The summed E-state index contributed by atoms with van der Waals surface area (Å²) in [7, 11) is 0. The number of hydrogen-bond donors (Lipinski definition) is 2. The van der Waals surface area contributed by atoms with Crippen molar-refractivity contribution < 1.29 is 14.6 Å². The molecule has 0 saturated carbocycles. The maximum atomic E-state index is 12.6. The van der Waals surface area contributed by atoms with Gasteiger partial charge in [-0.25, -0.2) is 14.5 Å². The van der Waals surface area contributed by atoms with E-state index in [0.717, 1.165) is 9.79 Å². The van der Waals surface area contributed by atoms with Gasteiger partial charge in [0.15, 0.2) is 5.75 Å². The SMILES string of the molecule is O=C(O)Oc1cnn(-c2nc3cc(Cl)c(Sc4ccccc4)cc3c(=O)[nH]2)c1. The van der Waals surface area contributed by atoms with Gasteiger partial charge in [-0.05, 0) is 24.3 Å². The lowest BCUT2D eigenvalue weighted by molar-refractivity contribution is 0.144. The number of rotatable bonds is 4. The molecule has 140 valence electrons. The number of hydrogen-bond acceptors (Lipinski definition) is 6. The fraction of sp³-hybridized carbons (Fsp3) is 0. The Labute approximate surface area is 166 Å². The van der Waals surface area contributed by atoms with Crippen molar-refractivity contribution in [1.29, 1.82) is 0 Å². The second-order valence-corrected chi connectivity index (χ2v) is 7.12. The van der Waals surface area contributed by atoms with Gasteiger partial charge < -0.3 is 9.84 Å². The topological polar surface area (TPSA) is 110 Å². The van der Waals surface area contributed by atoms with Crippen molar-refractivity contribution >= 4 is 40.4 Å². The van der Waals surface area contributed by atoms with Gasteiger partial charge in [0, 0.05) is 9.79 Å². The van der Waals surface area contributed by atoms with Crippen molar-refractivity contribution in [1.82, 2.24) is 19.7 Å². The molecular formula is C18H11ClN4O4S. The largest absolute Gasteiger partial charge is 0.511 e. The molecule has 0 aliphatic heterocycles. The number of carbonyl (C=O) groups is 1. The smallest absolute Gasteiger partial charge is 0.449 e. The summed E-state index contributed by atoms with van der Waals surface area (Å²) in [5, 5.41) is 13.4. The van der Waals surface area contributed by atoms with Gasteiger partial charge in [0.05, 0.1) is 28.3 Å². The Morgan fingerprint density at radius 1 is 1.25 bits per heavy atom. The van der Waals surface area contributed by atoms with Crippen molar-refractivity contribution in [2.45, 2.75) is 9.79 Å². The zero-order valence-corrected chi connectivity index (χ0v) is 15.6. The lowest BCUT2D eigenvalue weighted by atomic mass is 10.2. The Morgan fingerprint density at radius 3 is 2.79 bits per heavy atom. The standard InChI is InChI=1S/C18H11ClN4O4S/c19-13-7-14-12(6-15(13)28-11-4-2-1-3-5-11)16(24)22-17(21-14)23-9-10(8-20-23)27-18(25)26/h1-9H,(H,25,26)(H,21,22,24). The van der Waals surface area contributed by atoms with Crippen LogP contribution in [-0.4, -0.2) is 31.0 Å². The van der Waals surface area contributed by atoms with Crippen LogP contribution in [0.3, 0.4) is 0 Å². The van der Waals surface area contributed by atoms with Gasteiger partial charge in [0.2, 0.25) is 5.95 Å². The molecule has 0 amide bonds. The predicted octanol–water partition coefficient (Wildman–Crippen LogP) is 3.97. The van der Waals surface area contributed by atoms with Crippen molar-refractivity contribution in [3.8, 4) is 11.7 Å². The number of H-pyrrole nitrogens is 1. The fourth-order valence-corrected chi connectivity index (χ4v) is 3.66. The molecule has 2 aromatic carbocycles. The van der Waals surface area contributed by atoms with E-state index in [-0.39, 0.29) is 17.3 Å². The first kappa shape index (κ1) is 18.1. The molecule has 2 aromatic heterocycles. The minimum absolute atomic E-state index is 0.00267. The van der Waals surface area contributed by atoms with Gasteiger partial charge in [-0.1, -0.05) is 41.6 Å². The fourth-order valence-electron chi connectivity index (χ4n) is 2.51. The highest BCUT2D eigenvalue weighted by Gasteiger charge is 2.12. The van der Waals surface area contributed by atoms with E-state index in [1.54, 1.807) is 12.1 Å². The zero-order chi connectivity index (χ0) is 19.7. The van der Waals surface area contributed by atoms with Gasteiger partial charge in [-0.2, -0.15) is 5.10 Å². The van der Waals surface area contributed by atoms with Crippen LogP contribution in [-0.2, 0) is 0 Å². The highest BCUT2D eigenvalue weighted by atomic mass is 35.5. The first-order valence-electron chi connectivity index (χ1n) is 7.92. The Bertz CT molecular complexity index is 1240. The summed E-state index contributed by atoms with van der Waals surface area (Å²) in [4.78, 5) is 31.9. The van der Waals surface area contributed by atoms with E-state index in [0.29, 0.717) is 15.9 Å². The molecule has 4 aromatic rings. The van der Waals surface area contributed by atoms with E-state index in [4.69, 9.17) is 16.7 Å². The summed E-state index contributed by atoms with van der Waals surface area (Å²) in [5.74, 6) is 0.111. The first-order chi connectivity index (χ1) is 13.5. The minimum Gasteiger partial charge on any atom is -0.449 e. The lowest BCUT2D eigenvalue weighted by Crippen LogP contribution is -2.14. The van der Waals surface area contributed by atoms with Gasteiger partial charge in [0.25, 0.3) is 5.56 Å². The number of halogens is 1. The summed E-state index contributed by atoms with van der Waals surface area (Å²) in [5.41, 5.74) is 0.0140. The Kier molecular flexibility index (Phi) is 4.76. The Hall–Kier alpha value is -3.30. The molecule has 0 fully saturated rings. The Morgan fingerprint density at radius 2 is 2.04 bits per heavy atom. The number of aromatic nitrogens is 4. The van der Waals surface area contributed by atoms with Crippen LogP contribution in [0.2, 0.25) is 5.02 Å². The first-order valence-corrected chi connectivity index (χ1v) is 9.11. The van der Waals surface area contributed by atoms with Crippen LogP contribution >= 0.6 is 23.4 Å². The van der Waals surface area contributed by atoms with Gasteiger partial charge >= 0.3 is 6.16 Å². The zero-order valence-electron chi connectivity index (χ0n) is 14.0. The monoisotopic (exact) mass is 414 g/mol. The predicted molar refractivity (Wildman–Crippen MR) is 104 cm³/mol. The molecular weight excluding hydrogens is 404 g/mol. The molecule has 4 rings (SSSR count). The van der Waals surface area contributed by atoms with Crippen molar-refractivity contribution in [3.63, 3.8) is 0 Å². The van der Waals surface area contributed by atoms with E-state index in [2.05, 4.69) is 19.8 Å². The van der Waals surface area contributed by atoms with Crippen LogP contribution in [0.4, 0.5) is 4.79 Å². The summed E-state index contributed by atoms with van der Waals surface area (Å²) in [6, 6.07) is 13.0. The third-order valence-corrected chi connectivity index (χ3v) is 5.19. The molecule has 8 nitrogen and oxygen atoms in total. The van der Waals surface area contributed by atoms with Gasteiger partial charge in [-0.3, -0.25) is 9.78 Å². The van der Waals surface area contributed by atoms with Crippen molar-refractivity contribution in [2.24, 2.45) is 0 Å². The summed E-state index contributed by atoms with van der Waals surface area (Å²) >= 11 is 7.83. The van der Waals surface area contributed by atoms with Gasteiger partial charge in [-0.15, -0.1) is 0 Å². The molecule has 0 aliphatic carbocycles. The molecule has 10 heteroatoms. The Balaban J connectivity index is 1.73. The number of aromatic amines is 1. The lowest BCUT2D eigenvalue weighted by Gasteiger charge is -2.07. The van der Waals surface area contributed by atoms with Gasteiger partial charge in [0.1, 0.15) is 0 Å². The van der Waals surface area contributed by atoms with Crippen LogP contribution in [0, 0.1) is 0 Å². The number of ether oxygens (including phenoxy) is 1. The second-order valence-electron chi connectivity index (χ2n) is 5.59. The van der Waals surface area contributed by atoms with Crippen molar-refractivity contribution in [2.75, 3.05) is 0 Å². The number of fused-ring (bicyclic) bond motifs is 1. The third kappa shape index (κ3) is 3.71. The van der Waals surface area contributed by atoms with E-state index in [1.807, 2.05) is 30.3 Å². The van der Waals surface area contributed by atoms with E-state index < -0.39 is 6.16 Å². The molecule has 0 atom stereocenters. The highest BCUT2D eigenvalue weighted by Crippen LogP contribution is 2.35. The molecule has 2 heterocycles. The average Bonchev–Trinajstić information content (AvgIpc) is 3.11. The molecule has 2 N–H and O–H groups in total. The molecule has 0 aliphatic rings. The average molecular weight is 415 g/mol. The maximum absolute atomic E-state index is 12.6. The van der Waals surface area contributed by atoms with E-state index in [9.17, 15) is 9.59 Å². The van der Waals surface area contributed by atoms with Crippen LogP contribution < -0.4 is 10.3 Å². The normalized spacial score (nSPS) is 10.9. The van der Waals surface area contributed by atoms with Crippen LogP contribution in [0.5, 0.6) is 5.75 Å². The van der Waals surface area contributed by atoms with E-state index in [1.165, 1.54) is 28.8 Å². The summed E-state index contributed by atoms with van der Waals surface area (Å²) in [6.07, 6.45) is 1.03. The molecule has 0 bridgehead atoms. The molecule has 28 heavy (non-hydrogen) atoms. The molecule has 0 saturated heterocycles. The maximum Gasteiger partial charge on any atom is 0.511 e. The summed E-state index contributed by atoms with van der Waals surface area (Å²) in [6.45, 7) is 0. The number of carboxylic acid groups (broad SMARTS) is 1.